The van der Waals surface area contributed by atoms with E-state index in [4.69, 9.17) is 4.74 Å². The molecule has 0 saturated heterocycles. The predicted molar refractivity (Wildman–Crippen MR) is 66.3 cm³/mol. The summed E-state index contributed by atoms with van der Waals surface area (Å²) in [5.74, 6) is -0.311. The van der Waals surface area contributed by atoms with Gasteiger partial charge in [-0.15, -0.1) is 0 Å². The van der Waals surface area contributed by atoms with Crippen molar-refractivity contribution in [3.8, 4) is 0 Å². The Morgan fingerprint density at radius 1 is 1.38 bits per heavy atom. The molecule has 0 spiro atoms. The van der Waals surface area contributed by atoms with Gasteiger partial charge < -0.3 is 10.1 Å². The fraction of sp³-hybridized carbons (Fsp3) is 0.308. The Kier molecular flexibility index (Phi) is 5.12. The van der Waals surface area contributed by atoms with Gasteiger partial charge in [-0.05, 0) is 31.6 Å². The highest BCUT2D eigenvalue weighted by Gasteiger charge is 1.98. The maximum atomic E-state index is 11.2. The van der Waals surface area contributed by atoms with Crippen LogP contribution in [0.1, 0.15) is 19.4 Å². The molecule has 0 aliphatic rings. The van der Waals surface area contributed by atoms with E-state index in [0.29, 0.717) is 6.61 Å². The SMILES string of the molecule is CCNc1ccccc1/C=C/C(=O)OCC. The summed E-state index contributed by atoms with van der Waals surface area (Å²) in [6, 6.07) is 7.83. The molecule has 0 heterocycles. The summed E-state index contributed by atoms with van der Waals surface area (Å²) in [4.78, 5) is 11.2. The molecular weight excluding hydrogens is 202 g/mol. The third-order valence-electron chi connectivity index (χ3n) is 2.01. The molecule has 16 heavy (non-hydrogen) atoms. The van der Waals surface area contributed by atoms with Crippen molar-refractivity contribution in [2.24, 2.45) is 0 Å². The van der Waals surface area contributed by atoms with Gasteiger partial charge in [0.25, 0.3) is 0 Å². The van der Waals surface area contributed by atoms with Crippen LogP contribution in [0.2, 0.25) is 0 Å². The predicted octanol–water partition coefficient (Wildman–Crippen LogP) is 2.69. The average molecular weight is 219 g/mol. The first kappa shape index (κ1) is 12.3. The van der Waals surface area contributed by atoms with Crippen LogP contribution >= 0.6 is 0 Å². The van der Waals surface area contributed by atoms with Gasteiger partial charge in [-0.25, -0.2) is 4.79 Å². The molecule has 0 atom stereocenters. The molecule has 0 unspecified atom stereocenters. The number of hydrogen-bond donors (Lipinski definition) is 1. The highest BCUT2D eigenvalue weighted by Crippen LogP contribution is 2.16. The lowest BCUT2D eigenvalue weighted by atomic mass is 10.1. The molecule has 86 valence electrons. The molecule has 1 N–H and O–H groups in total. The van der Waals surface area contributed by atoms with Crippen molar-refractivity contribution in [2.45, 2.75) is 13.8 Å². The van der Waals surface area contributed by atoms with Crippen LogP contribution in [-0.4, -0.2) is 19.1 Å². The van der Waals surface area contributed by atoms with Crippen LogP contribution < -0.4 is 5.32 Å². The molecule has 1 rings (SSSR count). The van der Waals surface area contributed by atoms with Gasteiger partial charge in [0, 0.05) is 18.3 Å². The van der Waals surface area contributed by atoms with E-state index in [0.717, 1.165) is 17.8 Å². The van der Waals surface area contributed by atoms with Gasteiger partial charge >= 0.3 is 5.97 Å². The van der Waals surface area contributed by atoms with Gasteiger partial charge in [0.05, 0.1) is 6.61 Å². The Morgan fingerprint density at radius 2 is 2.12 bits per heavy atom. The molecule has 1 aromatic carbocycles. The van der Waals surface area contributed by atoms with Gasteiger partial charge in [0.2, 0.25) is 0 Å². The standard InChI is InChI=1S/C13H17NO2/c1-3-14-12-8-6-5-7-11(12)9-10-13(15)16-4-2/h5-10,14H,3-4H2,1-2H3/b10-9+. The summed E-state index contributed by atoms with van der Waals surface area (Å²) in [5, 5.41) is 3.23. The summed E-state index contributed by atoms with van der Waals surface area (Å²) in [6.45, 7) is 5.08. The van der Waals surface area contributed by atoms with E-state index in [-0.39, 0.29) is 5.97 Å². The first-order valence-corrected chi connectivity index (χ1v) is 5.45. The van der Waals surface area contributed by atoms with E-state index in [1.807, 2.05) is 31.2 Å². The summed E-state index contributed by atoms with van der Waals surface area (Å²) < 4.78 is 4.82. The van der Waals surface area contributed by atoms with E-state index in [2.05, 4.69) is 5.32 Å². The molecule has 3 nitrogen and oxygen atoms in total. The number of para-hydroxylation sites is 1. The average Bonchev–Trinajstić information content (AvgIpc) is 2.29. The van der Waals surface area contributed by atoms with Gasteiger partial charge in [0.15, 0.2) is 0 Å². The molecule has 1 aromatic rings. The van der Waals surface area contributed by atoms with Crippen molar-refractivity contribution in [3.05, 3.63) is 35.9 Å². The lowest BCUT2D eigenvalue weighted by Crippen LogP contribution is -2.00. The van der Waals surface area contributed by atoms with Crippen LogP contribution in [-0.2, 0) is 9.53 Å². The highest BCUT2D eigenvalue weighted by molar-refractivity contribution is 5.88. The minimum atomic E-state index is -0.311. The number of ether oxygens (including phenoxy) is 1. The van der Waals surface area contributed by atoms with Gasteiger partial charge in [-0.1, -0.05) is 18.2 Å². The first-order chi connectivity index (χ1) is 7.77. The summed E-state index contributed by atoms with van der Waals surface area (Å²) >= 11 is 0. The maximum Gasteiger partial charge on any atom is 0.330 e. The molecule has 3 heteroatoms. The first-order valence-electron chi connectivity index (χ1n) is 5.45. The van der Waals surface area contributed by atoms with E-state index in [1.54, 1.807) is 13.0 Å². The van der Waals surface area contributed by atoms with Crippen LogP contribution in [0, 0.1) is 0 Å². The monoisotopic (exact) mass is 219 g/mol. The molecule has 0 aromatic heterocycles. The number of hydrogen-bond acceptors (Lipinski definition) is 3. The fourth-order valence-corrected chi connectivity index (χ4v) is 1.34. The minimum absolute atomic E-state index is 0.311. The van der Waals surface area contributed by atoms with Crippen molar-refractivity contribution < 1.29 is 9.53 Å². The van der Waals surface area contributed by atoms with Crippen molar-refractivity contribution >= 4 is 17.7 Å². The van der Waals surface area contributed by atoms with Gasteiger partial charge in [-0.2, -0.15) is 0 Å². The second kappa shape index (κ2) is 6.67. The maximum absolute atomic E-state index is 11.2. The van der Waals surface area contributed by atoms with E-state index in [1.165, 1.54) is 6.08 Å². The molecule has 0 aliphatic carbocycles. The molecule has 0 saturated carbocycles. The fourth-order valence-electron chi connectivity index (χ4n) is 1.34. The van der Waals surface area contributed by atoms with Gasteiger partial charge in [0.1, 0.15) is 0 Å². The zero-order chi connectivity index (χ0) is 11.8. The molecule has 0 bridgehead atoms. The number of esters is 1. The molecule has 0 fully saturated rings. The zero-order valence-corrected chi connectivity index (χ0v) is 9.69. The van der Waals surface area contributed by atoms with Crippen LogP contribution in [0.15, 0.2) is 30.3 Å². The van der Waals surface area contributed by atoms with Crippen LogP contribution in [0.4, 0.5) is 5.69 Å². The second-order valence-electron chi connectivity index (χ2n) is 3.20. The van der Waals surface area contributed by atoms with Crippen LogP contribution in [0.5, 0.6) is 0 Å². The van der Waals surface area contributed by atoms with Crippen molar-refractivity contribution in [2.75, 3.05) is 18.5 Å². The quantitative estimate of drug-likeness (QED) is 0.611. The summed E-state index contributed by atoms with van der Waals surface area (Å²) in [6.07, 6.45) is 3.20. The normalized spacial score (nSPS) is 10.4. The van der Waals surface area contributed by atoms with E-state index in [9.17, 15) is 4.79 Å². The highest BCUT2D eigenvalue weighted by atomic mass is 16.5. The number of nitrogens with one attached hydrogen (secondary N) is 1. The Hall–Kier alpha value is -1.77. The van der Waals surface area contributed by atoms with Crippen molar-refractivity contribution in [1.29, 1.82) is 0 Å². The largest absolute Gasteiger partial charge is 0.463 e. The lowest BCUT2D eigenvalue weighted by molar-refractivity contribution is -0.137. The Labute approximate surface area is 96.1 Å². The number of rotatable bonds is 5. The Bertz CT molecular complexity index is 372. The van der Waals surface area contributed by atoms with Crippen molar-refractivity contribution in [3.63, 3.8) is 0 Å². The smallest absolute Gasteiger partial charge is 0.330 e. The molecule has 0 aliphatic heterocycles. The minimum Gasteiger partial charge on any atom is -0.463 e. The molecule has 0 radical (unpaired) electrons. The van der Waals surface area contributed by atoms with Crippen LogP contribution in [0.3, 0.4) is 0 Å². The second-order valence-corrected chi connectivity index (χ2v) is 3.20. The third kappa shape index (κ3) is 3.77. The Morgan fingerprint density at radius 3 is 2.81 bits per heavy atom. The number of carbonyl (C=O) groups is 1. The lowest BCUT2D eigenvalue weighted by Gasteiger charge is -2.06. The van der Waals surface area contributed by atoms with Crippen LogP contribution in [0.25, 0.3) is 6.08 Å². The van der Waals surface area contributed by atoms with Gasteiger partial charge in [-0.3, -0.25) is 0 Å². The zero-order valence-electron chi connectivity index (χ0n) is 9.69. The number of benzene rings is 1. The Balaban J connectivity index is 2.75. The number of carbonyl (C=O) groups excluding carboxylic acids is 1. The summed E-state index contributed by atoms with van der Waals surface area (Å²) in [5.41, 5.74) is 2.00. The van der Waals surface area contributed by atoms with E-state index < -0.39 is 0 Å². The number of anilines is 1. The van der Waals surface area contributed by atoms with E-state index >= 15 is 0 Å². The molecular formula is C13H17NO2. The summed E-state index contributed by atoms with van der Waals surface area (Å²) in [7, 11) is 0. The third-order valence-corrected chi connectivity index (χ3v) is 2.01. The topological polar surface area (TPSA) is 38.3 Å². The van der Waals surface area contributed by atoms with Crippen molar-refractivity contribution in [1.82, 2.24) is 0 Å². The molecule has 0 amide bonds.